The van der Waals surface area contributed by atoms with Gasteiger partial charge in [-0.15, -0.1) is 0 Å². The van der Waals surface area contributed by atoms with Gasteiger partial charge in [-0.25, -0.2) is 0 Å². The van der Waals surface area contributed by atoms with Gasteiger partial charge in [0.2, 0.25) is 11.8 Å². The van der Waals surface area contributed by atoms with Crippen LogP contribution in [0.4, 0.5) is 0 Å². The fraction of sp³-hybridized carbons (Fsp3) is 0.500. The highest BCUT2D eigenvalue weighted by Crippen LogP contribution is 2.19. The Morgan fingerprint density at radius 1 is 0.938 bits per heavy atom. The van der Waals surface area contributed by atoms with Gasteiger partial charge in [-0.1, -0.05) is 80.3 Å². The van der Waals surface area contributed by atoms with Crippen LogP contribution in [0.1, 0.15) is 74.6 Å². The number of carbonyl (C=O) groups excluding carboxylic acids is 2. The largest absolute Gasteiger partial charge is 0.352 e. The van der Waals surface area contributed by atoms with E-state index in [1.165, 1.54) is 30.4 Å². The predicted molar refractivity (Wildman–Crippen MR) is 130 cm³/mol. The topological polar surface area (TPSA) is 49.4 Å². The van der Waals surface area contributed by atoms with Crippen LogP contribution in [0.2, 0.25) is 0 Å². The number of rotatable bonds is 9. The summed E-state index contributed by atoms with van der Waals surface area (Å²) in [5, 5.41) is 3.20. The molecule has 0 bridgehead atoms. The lowest BCUT2D eigenvalue weighted by atomic mass is 9.95. The van der Waals surface area contributed by atoms with Crippen molar-refractivity contribution in [3.05, 3.63) is 70.8 Å². The van der Waals surface area contributed by atoms with E-state index in [0.29, 0.717) is 19.4 Å². The summed E-state index contributed by atoms with van der Waals surface area (Å²) in [5.41, 5.74) is 4.69. The Balaban J connectivity index is 1.68. The minimum atomic E-state index is -0.492. The molecule has 0 unspecified atom stereocenters. The zero-order chi connectivity index (χ0) is 22.9. The average molecular weight is 435 g/mol. The van der Waals surface area contributed by atoms with Crippen LogP contribution in [-0.2, 0) is 29.0 Å². The third-order valence-electron chi connectivity index (χ3n) is 6.65. The molecule has 1 saturated carbocycles. The fourth-order valence-electron chi connectivity index (χ4n) is 4.38. The van der Waals surface area contributed by atoms with Crippen molar-refractivity contribution in [2.75, 3.05) is 0 Å². The second kappa shape index (κ2) is 11.8. The highest BCUT2D eigenvalue weighted by Gasteiger charge is 2.27. The molecule has 1 atom stereocenters. The first-order valence-corrected chi connectivity index (χ1v) is 12.2. The monoisotopic (exact) mass is 434 g/mol. The van der Waals surface area contributed by atoms with E-state index in [9.17, 15) is 9.59 Å². The molecule has 3 rings (SSSR count). The highest BCUT2D eigenvalue weighted by atomic mass is 16.2. The highest BCUT2D eigenvalue weighted by molar-refractivity contribution is 5.87. The van der Waals surface area contributed by atoms with Crippen LogP contribution in [-0.4, -0.2) is 28.8 Å². The van der Waals surface area contributed by atoms with Gasteiger partial charge in [0.1, 0.15) is 6.04 Å². The Morgan fingerprint density at radius 3 is 2.16 bits per heavy atom. The summed E-state index contributed by atoms with van der Waals surface area (Å²) in [6.45, 7) is 6.51. The van der Waals surface area contributed by atoms with E-state index in [1.54, 1.807) is 4.90 Å². The zero-order valence-corrected chi connectivity index (χ0v) is 19.9. The number of aryl methyl sites for hydroxylation is 3. The van der Waals surface area contributed by atoms with Gasteiger partial charge in [0.15, 0.2) is 0 Å². The smallest absolute Gasteiger partial charge is 0.242 e. The van der Waals surface area contributed by atoms with Crippen molar-refractivity contribution < 1.29 is 9.59 Å². The maximum absolute atomic E-state index is 13.3. The van der Waals surface area contributed by atoms with E-state index in [-0.39, 0.29) is 17.9 Å². The Labute approximate surface area is 193 Å². The summed E-state index contributed by atoms with van der Waals surface area (Å²) in [6.07, 6.45) is 7.76. The number of hydrogen-bond acceptors (Lipinski definition) is 2. The zero-order valence-electron chi connectivity index (χ0n) is 19.9. The summed E-state index contributed by atoms with van der Waals surface area (Å²) >= 11 is 0. The molecule has 0 radical (unpaired) electrons. The lowest BCUT2D eigenvalue weighted by Crippen LogP contribution is -2.50. The van der Waals surface area contributed by atoms with E-state index in [1.807, 2.05) is 19.1 Å². The van der Waals surface area contributed by atoms with Gasteiger partial charge in [-0.2, -0.15) is 0 Å². The van der Waals surface area contributed by atoms with Gasteiger partial charge in [-0.05, 0) is 56.2 Å². The van der Waals surface area contributed by atoms with Crippen LogP contribution >= 0.6 is 0 Å². The normalized spacial score (nSPS) is 15.2. The molecule has 2 aromatic carbocycles. The molecule has 1 N–H and O–H groups in total. The van der Waals surface area contributed by atoms with Crippen molar-refractivity contribution in [1.82, 2.24) is 10.2 Å². The molecule has 1 aliphatic carbocycles. The molecular weight excluding hydrogens is 396 g/mol. The van der Waals surface area contributed by atoms with E-state index in [0.717, 1.165) is 30.4 Å². The van der Waals surface area contributed by atoms with Gasteiger partial charge in [0, 0.05) is 19.0 Å². The Hall–Kier alpha value is -2.62. The number of hydrogen-bond donors (Lipinski definition) is 1. The second-order valence-corrected chi connectivity index (χ2v) is 9.20. The van der Waals surface area contributed by atoms with E-state index >= 15 is 0 Å². The average Bonchev–Trinajstić information content (AvgIpc) is 2.82. The maximum Gasteiger partial charge on any atom is 0.242 e. The molecule has 1 fully saturated rings. The van der Waals surface area contributed by atoms with Crippen LogP contribution in [0.3, 0.4) is 0 Å². The van der Waals surface area contributed by atoms with Crippen molar-refractivity contribution in [2.45, 2.75) is 90.8 Å². The third kappa shape index (κ3) is 6.94. The summed E-state index contributed by atoms with van der Waals surface area (Å²) in [5.74, 6) is -0.0129. The Kier molecular flexibility index (Phi) is 8.90. The van der Waals surface area contributed by atoms with Crippen LogP contribution in [0.5, 0.6) is 0 Å². The van der Waals surface area contributed by atoms with Gasteiger partial charge < -0.3 is 10.2 Å². The summed E-state index contributed by atoms with van der Waals surface area (Å²) in [4.78, 5) is 28.1. The summed E-state index contributed by atoms with van der Waals surface area (Å²) in [6, 6.07) is 16.4. The van der Waals surface area contributed by atoms with E-state index in [2.05, 4.69) is 55.6 Å². The minimum Gasteiger partial charge on any atom is -0.352 e. The Morgan fingerprint density at radius 2 is 1.53 bits per heavy atom. The summed E-state index contributed by atoms with van der Waals surface area (Å²) < 4.78 is 0. The van der Waals surface area contributed by atoms with Crippen LogP contribution in [0.25, 0.3) is 0 Å². The van der Waals surface area contributed by atoms with Crippen molar-refractivity contribution in [1.29, 1.82) is 0 Å². The lowest BCUT2D eigenvalue weighted by molar-refractivity contribution is -0.141. The molecule has 0 saturated heterocycles. The molecule has 32 heavy (non-hydrogen) atoms. The molecule has 4 heteroatoms. The first-order chi connectivity index (χ1) is 15.5. The van der Waals surface area contributed by atoms with Crippen LogP contribution in [0.15, 0.2) is 48.5 Å². The molecule has 0 spiro atoms. The van der Waals surface area contributed by atoms with Crippen molar-refractivity contribution in [3.8, 4) is 0 Å². The molecule has 172 valence electrons. The number of nitrogens with zero attached hydrogens (tertiary/aromatic N) is 1. The minimum absolute atomic E-state index is 0.0245. The molecule has 0 heterocycles. The van der Waals surface area contributed by atoms with Gasteiger partial charge in [-0.3, -0.25) is 9.59 Å². The SMILES string of the molecule is CCc1ccc(CCC(=O)N(Cc2ccc(C)cc2)[C@@H](C)C(=O)NC2CCCCC2)cc1. The molecule has 0 aliphatic heterocycles. The second-order valence-electron chi connectivity index (χ2n) is 9.20. The number of nitrogens with one attached hydrogen (secondary N) is 1. The van der Waals surface area contributed by atoms with Crippen LogP contribution in [0, 0.1) is 6.92 Å². The van der Waals surface area contributed by atoms with Gasteiger partial charge in [0.05, 0.1) is 0 Å². The van der Waals surface area contributed by atoms with E-state index in [4.69, 9.17) is 0 Å². The van der Waals surface area contributed by atoms with Crippen molar-refractivity contribution in [2.24, 2.45) is 0 Å². The first-order valence-electron chi connectivity index (χ1n) is 12.2. The molecular formula is C28H38N2O2. The predicted octanol–water partition coefficient (Wildman–Crippen LogP) is 5.36. The van der Waals surface area contributed by atoms with Crippen LogP contribution < -0.4 is 5.32 Å². The first kappa shape index (κ1) is 24.0. The molecule has 2 amide bonds. The quantitative estimate of drug-likeness (QED) is 0.578. The number of carbonyl (C=O) groups is 2. The van der Waals surface area contributed by atoms with Crippen molar-refractivity contribution >= 4 is 11.8 Å². The van der Waals surface area contributed by atoms with Gasteiger partial charge >= 0.3 is 0 Å². The standard InChI is InChI=1S/C28H38N2O2/c1-4-23-14-16-24(17-15-23)18-19-27(31)30(20-25-12-10-21(2)11-13-25)22(3)28(32)29-26-8-6-5-7-9-26/h10-17,22,26H,4-9,18-20H2,1-3H3,(H,29,32)/t22-/m0/s1. The Bertz CT molecular complexity index is 867. The lowest BCUT2D eigenvalue weighted by Gasteiger charge is -2.31. The van der Waals surface area contributed by atoms with Crippen molar-refractivity contribution in [3.63, 3.8) is 0 Å². The molecule has 1 aliphatic rings. The summed E-state index contributed by atoms with van der Waals surface area (Å²) in [7, 11) is 0. The van der Waals surface area contributed by atoms with Gasteiger partial charge in [0.25, 0.3) is 0 Å². The molecule has 0 aromatic heterocycles. The third-order valence-corrected chi connectivity index (χ3v) is 6.65. The fourth-order valence-corrected chi connectivity index (χ4v) is 4.38. The molecule has 4 nitrogen and oxygen atoms in total. The number of benzene rings is 2. The number of amides is 2. The molecule has 2 aromatic rings. The van der Waals surface area contributed by atoms with E-state index < -0.39 is 6.04 Å². The maximum atomic E-state index is 13.3.